The Balaban J connectivity index is 1.15. The highest BCUT2D eigenvalue weighted by atomic mass is 16.5. The smallest absolute Gasteiger partial charge is 0.227 e. The van der Waals surface area contributed by atoms with Gasteiger partial charge in [0.1, 0.15) is 17.2 Å². The SMILES string of the molecule is COc1ccc(-c2noc(CCC(=O)N3CCC4(CCCCc5ccccc5OCCCNC4=O)CC3)n2)c(OC)c1. The van der Waals surface area contributed by atoms with Crippen LogP contribution in [-0.4, -0.2) is 67.3 Å². The number of para-hydroxylation sites is 1. The first-order valence-corrected chi connectivity index (χ1v) is 14.8. The topological polar surface area (TPSA) is 116 Å². The molecule has 10 heteroatoms. The summed E-state index contributed by atoms with van der Waals surface area (Å²) in [5.74, 6) is 3.12. The molecule has 0 radical (unpaired) electrons. The van der Waals surface area contributed by atoms with Crippen LogP contribution in [0.5, 0.6) is 17.2 Å². The van der Waals surface area contributed by atoms with Crippen LogP contribution in [0.3, 0.4) is 0 Å². The average Bonchev–Trinajstić information content (AvgIpc) is 3.51. The van der Waals surface area contributed by atoms with E-state index in [9.17, 15) is 9.59 Å². The predicted octanol–water partition coefficient (Wildman–Crippen LogP) is 4.61. The van der Waals surface area contributed by atoms with Gasteiger partial charge in [0, 0.05) is 38.5 Å². The Kier molecular flexibility index (Phi) is 9.61. The van der Waals surface area contributed by atoms with Crippen molar-refractivity contribution in [2.75, 3.05) is 40.5 Å². The Morgan fingerprint density at radius 2 is 1.88 bits per heavy atom. The van der Waals surface area contributed by atoms with Crippen LogP contribution in [0, 0.1) is 5.41 Å². The third kappa shape index (κ3) is 6.86. The van der Waals surface area contributed by atoms with Crippen molar-refractivity contribution in [3.8, 4) is 28.6 Å². The molecular weight excluding hydrogens is 536 g/mol. The van der Waals surface area contributed by atoms with Gasteiger partial charge in [0.05, 0.1) is 31.8 Å². The van der Waals surface area contributed by atoms with E-state index in [-0.39, 0.29) is 18.2 Å². The normalized spacial score (nSPS) is 17.6. The molecule has 3 heterocycles. The van der Waals surface area contributed by atoms with Crippen LogP contribution in [0.15, 0.2) is 47.0 Å². The number of fused-ring (bicyclic) bond motifs is 1. The molecule has 42 heavy (non-hydrogen) atoms. The van der Waals surface area contributed by atoms with Crippen LogP contribution in [0.4, 0.5) is 0 Å². The average molecular weight is 577 g/mol. The molecular formula is C32H40N4O6. The molecule has 0 saturated carbocycles. The summed E-state index contributed by atoms with van der Waals surface area (Å²) in [6.07, 6.45) is 6.39. The molecule has 1 fully saturated rings. The number of rotatable bonds is 6. The number of nitrogens with zero attached hydrogens (tertiary/aromatic N) is 3. The van der Waals surface area contributed by atoms with Gasteiger partial charge < -0.3 is 29.0 Å². The first-order valence-electron chi connectivity index (χ1n) is 14.8. The molecule has 0 bridgehead atoms. The monoisotopic (exact) mass is 576 g/mol. The number of aromatic nitrogens is 2. The predicted molar refractivity (Wildman–Crippen MR) is 157 cm³/mol. The Hall–Kier alpha value is -4.08. The summed E-state index contributed by atoms with van der Waals surface area (Å²) in [5, 5.41) is 7.24. The molecule has 0 unspecified atom stereocenters. The molecule has 10 nitrogen and oxygen atoms in total. The summed E-state index contributed by atoms with van der Waals surface area (Å²) in [5.41, 5.74) is 1.47. The number of aryl methyl sites for hydroxylation is 2. The number of ether oxygens (including phenoxy) is 3. The molecule has 0 atom stereocenters. The number of amides is 2. The minimum absolute atomic E-state index is 0.0328. The first-order chi connectivity index (χ1) is 20.5. The fraction of sp³-hybridized carbons (Fsp3) is 0.500. The third-order valence-corrected chi connectivity index (χ3v) is 8.41. The molecule has 2 amide bonds. The summed E-state index contributed by atoms with van der Waals surface area (Å²) < 4.78 is 22.1. The van der Waals surface area contributed by atoms with Crippen LogP contribution in [-0.2, 0) is 22.4 Å². The van der Waals surface area contributed by atoms with Crippen molar-refractivity contribution in [3.05, 3.63) is 53.9 Å². The van der Waals surface area contributed by atoms with E-state index < -0.39 is 5.41 Å². The summed E-state index contributed by atoms with van der Waals surface area (Å²) in [4.78, 5) is 32.9. The summed E-state index contributed by atoms with van der Waals surface area (Å²) >= 11 is 0. The van der Waals surface area contributed by atoms with Gasteiger partial charge in [-0.3, -0.25) is 9.59 Å². The molecule has 5 rings (SSSR count). The number of piperidine rings is 1. The van der Waals surface area contributed by atoms with Crippen LogP contribution >= 0.6 is 0 Å². The number of methoxy groups -OCH3 is 2. The van der Waals surface area contributed by atoms with Crippen molar-refractivity contribution < 1.29 is 28.3 Å². The second-order valence-electron chi connectivity index (χ2n) is 11.0. The largest absolute Gasteiger partial charge is 0.497 e. The van der Waals surface area contributed by atoms with Gasteiger partial charge in [-0.25, -0.2) is 0 Å². The number of likely N-dealkylation sites (tertiary alicyclic amines) is 1. The first kappa shape index (κ1) is 29.4. The summed E-state index contributed by atoms with van der Waals surface area (Å²) in [7, 11) is 3.16. The third-order valence-electron chi connectivity index (χ3n) is 8.41. The Bertz CT molecular complexity index is 1360. The lowest BCUT2D eigenvalue weighted by molar-refractivity contribution is -0.141. The van der Waals surface area contributed by atoms with Crippen molar-refractivity contribution in [2.24, 2.45) is 5.41 Å². The highest BCUT2D eigenvalue weighted by Crippen LogP contribution is 2.38. The van der Waals surface area contributed by atoms with Crippen molar-refractivity contribution in [3.63, 3.8) is 0 Å². The van der Waals surface area contributed by atoms with E-state index in [1.54, 1.807) is 26.4 Å². The zero-order valence-electron chi connectivity index (χ0n) is 24.5. The lowest BCUT2D eigenvalue weighted by Gasteiger charge is -2.41. The van der Waals surface area contributed by atoms with Gasteiger partial charge in [-0.1, -0.05) is 29.8 Å². The fourth-order valence-corrected chi connectivity index (χ4v) is 5.87. The Morgan fingerprint density at radius 3 is 2.69 bits per heavy atom. The van der Waals surface area contributed by atoms with Crippen molar-refractivity contribution >= 4 is 11.8 Å². The van der Waals surface area contributed by atoms with Crippen LogP contribution < -0.4 is 19.5 Å². The van der Waals surface area contributed by atoms with Crippen LogP contribution in [0.25, 0.3) is 11.4 Å². The van der Waals surface area contributed by atoms with Gasteiger partial charge in [-0.05, 0) is 62.3 Å². The second-order valence-corrected chi connectivity index (χ2v) is 11.0. The van der Waals surface area contributed by atoms with Gasteiger partial charge in [0.2, 0.25) is 23.5 Å². The van der Waals surface area contributed by atoms with E-state index in [0.29, 0.717) is 74.3 Å². The molecule has 1 saturated heterocycles. The summed E-state index contributed by atoms with van der Waals surface area (Å²) in [6, 6.07) is 13.6. The summed E-state index contributed by atoms with van der Waals surface area (Å²) in [6.45, 7) is 2.29. The lowest BCUT2D eigenvalue weighted by atomic mass is 9.73. The molecule has 2 aliphatic heterocycles. The minimum Gasteiger partial charge on any atom is -0.497 e. The molecule has 0 aliphatic carbocycles. The fourth-order valence-electron chi connectivity index (χ4n) is 5.87. The quantitative estimate of drug-likeness (QED) is 0.453. The highest BCUT2D eigenvalue weighted by Gasteiger charge is 2.41. The van der Waals surface area contributed by atoms with Gasteiger partial charge in [-0.15, -0.1) is 0 Å². The van der Waals surface area contributed by atoms with E-state index in [1.165, 1.54) is 5.56 Å². The van der Waals surface area contributed by atoms with Gasteiger partial charge >= 0.3 is 0 Å². The second kappa shape index (κ2) is 13.7. The Morgan fingerprint density at radius 1 is 1.05 bits per heavy atom. The number of hydrogen-bond donors (Lipinski definition) is 1. The number of benzene rings is 2. The highest BCUT2D eigenvalue weighted by molar-refractivity contribution is 5.83. The molecule has 3 aromatic rings. The van der Waals surface area contributed by atoms with E-state index in [0.717, 1.165) is 37.9 Å². The van der Waals surface area contributed by atoms with Crippen molar-refractivity contribution in [1.82, 2.24) is 20.4 Å². The van der Waals surface area contributed by atoms with Crippen LogP contribution in [0.1, 0.15) is 56.4 Å². The van der Waals surface area contributed by atoms with Crippen molar-refractivity contribution in [1.29, 1.82) is 0 Å². The molecule has 1 aromatic heterocycles. The zero-order valence-corrected chi connectivity index (χ0v) is 24.5. The van der Waals surface area contributed by atoms with Crippen LogP contribution in [0.2, 0.25) is 0 Å². The van der Waals surface area contributed by atoms with Gasteiger partial charge in [0.15, 0.2) is 0 Å². The Labute approximate surface area is 246 Å². The van der Waals surface area contributed by atoms with Crippen molar-refractivity contribution in [2.45, 2.75) is 57.8 Å². The molecule has 1 spiro atoms. The molecule has 2 aliphatic rings. The minimum atomic E-state index is -0.440. The van der Waals surface area contributed by atoms with E-state index >= 15 is 0 Å². The molecule has 1 N–H and O–H groups in total. The molecule has 224 valence electrons. The lowest BCUT2D eigenvalue weighted by Crippen LogP contribution is -2.50. The maximum atomic E-state index is 13.4. The van der Waals surface area contributed by atoms with Gasteiger partial charge in [0.25, 0.3) is 0 Å². The number of carbonyl (C=O) groups is 2. The number of carbonyl (C=O) groups excluding carboxylic acids is 2. The van der Waals surface area contributed by atoms with Gasteiger partial charge in [-0.2, -0.15) is 4.98 Å². The molecule has 2 aromatic carbocycles. The number of nitrogens with one attached hydrogen (secondary N) is 1. The van der Waals surface area contributed by atoms with E-state index in [4.69, 9.17) is 18.7 Å². The maximum Gasteiger partial charge on any atom is 0.227 e. The standard InChI is InChI=1S/C32H40N4O6/c1-39-24-11-12-25(27(22-24)40-2)30-34-28(42-35-30)13-14-29(37)36-19-16-32(17-20-36)15-6-5-9-23-8-3-4-10-26(23)41-21-7-18-33-31(32)38/h3-4,8,10-12,22H,5-7,9,13-21H2,1-2H3,(H,33,38). The van der Waals surface area contributed by atoms with E-state index in [1.807, 2.05) is 23.1 Å². The number of hydrogen-bond acceptors (Lipinski definition) is 8. The maximum absolute atomic E-state index is 13.4. The zero-order chi connectivity index (χ0) is 29.4. The van der Waals surface area contributed by atoms with E-state index in [2.05, 4.69) is 27.6 Å².